The fraction of sp³-hybridized carbons (Fsp3) is 0.762. The van der Waals surface area contributed by atoms with Crippen molar-refractivity contribution in [1.82, 2.24) is 9.88 Å². The molecule has 2 N–H and O–H groups in total. The van der Waals surface area contributed by atoms with Crippen molar-refractivity contribution in [3.8, 4) is 5.88 Å². The molecule has 0 spiro atoms. The topological polar surface area (TPSA) is 60.6 Å². The van der Waals surface area contributed by atoms with Crippen LogP contribution in [0.2, 0.25) is 0 Å². The second-order valence-corrected chi connectivity index (χ2v) is 7.84. The van der Waals surface area contributed by atoms with E-state index in [2.05, 4.69) is 43.9 Å². The summed E-state index contributed by atoms with van der Waals surface area (Å²) in [6.45, 7) is 5.06. The molecule has 1 aliphatic rings. The molecule has 148 valence electrons. The molecular weight excluding hydrogens is 326 g/mol. The molecule has 1 heterocycles. The molecule has 0 bridgehead atoms. The van der Waals surface area contributed by atoms with Gasteiger partial charge in [0.25, 0.3) is 0 Å². The largest absolute Gasteiger partial charge is 0.481 e. The summed E-state index contributed by atoms with van der Waals surface area (Å²) in [6.07, 6.45) is 8.75. The van der Waals surface area contributed by atoms with Crippen LogP contribution >= 0.6 is 0 Å². The Hall–Kier alpha value is -1.17. The number of aryl methyl sites for hydroxylation is 1. The Morgan fingerprint density at radius 3 is 2.54 bits per heavy atom. The predicted molar refractivity (Wildman–Crippen MR) is 107 cm³/mol. The maximum absolute atomic E-state index is 6.35. The van der Waals surface area contributed by atoms with E-state index < -0.39 is 0 Å². The highest BCUT2D eigenvalue weighted by Gasteiger charge is 2.28. The third kappa shape index (κ3) is 5.41. The molecule has 0 unspecified atom stereocenters. The molecule has 1 aliphatic carbocycles. The van der Waals surface area contributed by atoms with Gasteiger partial charge in [0.05, 0.1) is 19.8 Å². The van der Waals surface area contributed by atoms with Gasteiger partial charge in [0, 0.05) is 23.8 Å². The molecule has 2 rings (SSSR count). The van der Waals surface area contributed by atoms with Crippen LogP contribution in [-0.2, 0) is 4.74 Å². The number of aromatic nitrogens is 1. The number of nitrogens with zero attached hydrogens (tertiary/aromatic N) is 2. The van der Waals surface area contributed by atoms with Crippen molar-refractivity contribution in [3.63, 3.8) is 0 Å². The van der Waals surface area contributed by atoms with Gasteiger partial charge in [-0.25, -0.2) is 4.98 Å². The number of ether oxygens (including phenoxy) is 2. The van der Waals surface area contributed by atoms with Crippen molar-refractivity contribution in [1.29, 1.82) is 0 Å². The van der Waals surface area contributed by atoms with Gasteiger partial charge in [0.1, 0.15) is 0 Å². The second-order valence-electron chi connectivity index (χ2n) is 7.84. The normalized spacial score (nSPS) is 23.0. The summed E-state index contributed by atoms with van der Waals surface area (Å²) in [6, 6.07) is 2.54. The number of nitrogens with two attached hydrogens (primary N) is 1. The highest BCUT2D eigenvalue weighted by Crippen LogP contribution is 2.39. The number of pyridine rings is 1. The highest BCUT2D eigenvalue weighted by molar-refractivity contribution is 5.37. The fourth-order valence-corrected chi connectivity index (χ4v) is 4.14. The maximum Gasteiger partial charge on any atom is 0.216 e. The molecule has 1 saturated carbocycles. The predicted octanol–water partition coefficient (Wildman–Crippen LogP) is 3.50. The first-order valence-electron chi connectivity index (χ1n) is 10.0. The van der Waals surface area contributed by atoms with Crippen LogP contribution in [0.4, 0.5) is 0 Å². The first-order chi connectivity index (χ1) is 12.5. The van der Waals surface area contributed by atoms with Gasteiger partial charge in [-0.15, -0.1) is 0 Å². The molecule has 1 aromatic heterocycles. The lowest BCUT2D eigenvalue weighted by Crippen LogP contribution is -2.48. The van der Waals surface area contributed by atoms with Crippen molar-refractivity contribution in [2.75, 3.05) is 27.8 Å². The molecule has 0 aliphatic heterocycles. The standard InChI is InChI=1S/C21H37N3O2/c1-6-7-18(22)19(24(3)4)14-26-17-10-8-16(9-11-17)20-15(2)12-13-23-21(20)25-5/h12-13,16-19H,6-11,14,22H2,1-5H3/t16?,17?,18-,19-/m0/s1. The van der Waals surface area contributed by atoms with E-state index in [9.17, 15) is 0 Å². The van der Waals surface area contributed by atoms with E-state index in [1.165, 1.54) is 11.1 Å². The number of hydrogen-bond donors (Lipinski definition) is 1. The summed E-state index contributed by atoms with van der Waals surface area (Å²) in [7, 11) is 5.90. The number of hydrogen-bond acceptors (Lipinski definition) is 5. The number of likely N-dealkylation sites (N-methyl/N-ethyl adjacent to an activating group) is 1. The number of rotatable bonds is 9. The van der Waals surface area contributed by atoms with Crippen molar-refractivity contribution >= 4 is 0 Å². The summed E-state index contributed by atoms with van der Waals surface area (Å²) >= 11 is 0. The van der Waals surface area contributed by atoms with Gasteiger partial charge in [-0.05, 0) is 70.7 Å². The van der Waals surface area contributed by atoms with Gasteiger partial charge in [-0.3, -0.25) is 0 Å². The molecule has 5 heteroatoms. The van der Waals surface area contributed by atoms with E-state index in [4.69, 9.17) is 15.2 Å². The van der Waals surface area contributed by atoms with Crippen LogP contribution in [0.3, 0.4) is 0 Å². The maximum atomic E-state index is 6.35. The molecule has 1 aromatic rings. The van der Waals surface area contributed by atoms with Crippen molar-refractivity contribution < 1.29 is 9.47 Å². The third-order valence-corrected chi connectivity index (χ3v) is 5.73. The third-order valence-electron chi connectivity index (χ3n) is 5.73. The lowest BCUT2D eigenvalue weighted by atomic mass is 9.81. The van der Waals surface area contributed by atoms with Gasteiger partial charge in [-0.1, -0.05) is 13.3 Å². The van der Waals surface area contributed by atoms with Gasteiger partial charge >= 0.3 is 0 Å². The summed E-state index contributed by atoms with van der Waals surface area (Å²) in [4.78, 5) is 6.60. The van der Waals surface area contributed by atoms with Crippen LogP contribution in [0.5, 0.6) is 5.88 Å². The van der Waals surface area contributed by atoms with E-state index in [-0.39, 0.29) is 12.1 Å². The fourth-order valence-electron chi connectivity index (χ4n) is 4.14. The summed E-state index contributed by atoms with van der Waals surface area (Å²) in [5.41, 5.74) is 8.91. The first kappa shape index (κ1) is 21.1. The highest BCUT2D eigenvalue weighted by atomic mass is 16.5. The number of methoxy groups -OCH3 is 1. The minimum atomic E-state index is 0.175. The first-order valence-corrected chi connectivity index (χ1v) is 10.0. The summed E-state index contributed by atoms with van der Waals surface area (Å²) in [5.74, 6) is 1.30. The lowest BCUT2D eigenvalue weighted by molar-refractivity contribution is -0.00857. The Kier molecular flexibility index (Phi) is 8.32. The summed E-state index contributed by atoms with van der Waals surface area (Å²) < 4.78 is 11.8. The quantitative estimate of drug-likeness (QED) is 0.728. The Morgan fingerprint density at radius 1 is 1.27 bits per heavy atom. The molecule has 0 saturated heterocycles. The Morgan fingerprint density at radius 2 is 1.96 bits per heavy atom. The second kappa shape index (κ2) is 10.2. The van der Waals surface area contributed by atoms with Crippen LogP contribution in [-0.4, -0.2) is 55.9 Å². The molecule has 26 heavy (non-hydrogen) atoms. The van der Waals surface area contributed by atoms with Crippen molar-refractivity contribution in [2.45, 2.75) is 76.5 Å². The lowest BCUT2D eigenvalue weighted by Gasteiger charge is -2.34. The SMILES string of the molecule is CCC[C@H](N)[C@H](COC1CCC(c2c(C)ccnc2OC)CC1)N(C)C. The zero-order valence-corrected chi connectivity index (χ0v) is 17.2. The van der Waals surface area contributed by atoms with Gasteiger partial charge in [0.2, 0.25) is 5.88 Å². The zero-order chi connectivity index (χ0) is 19.1. The zero-order valence-electron chi connectivity index (χ0n) is 17.2. The average molecular weight is 364 g/mol. The molecule has 0 radical (unpaired) electrons. The summed E-state index contributed by atoms with van der Waals surface area (Å²) in [5, 5.41) is 0. The van der Waals surface area contributed by atoms with Crippen LogP contribution < -0.4 is 10.5 Å². The van der Waals surface area contributed by atoms with E-state index in [0.717, 1.165) is 51.0 Å². The van der Waals surface area contributed by atoms with Crippen LogP contribution in [0, 0.1) is 6.92 Å². The minimum absolute atomic E-state index is 0.175. The minimum Gasteiger partial charge on any atom is -0.481 e. The van der Waals surface area contributed by atoms with Crippen LogP contribution in [0.15, 0.2) is 12.3 Å². The molecule has 2 atom stereocenters. The van der Waals surface area contributed by atoms with Crippen molar-refractivity contribution in [3.05, 3.63) is 23.4 Å². The van der Waals surface area contributed by atoms with Crippen LogP contribution in [0.1, 0.15) is 62.5 Å². The molecule has 0 aromatic carbocycles. The molecule has 5 nitrogen and oxygen atoms in total. The van der Waals surface area contributed by atoms with Gasteiger partial charge in [0.15, 0.2) is 0 Å². The monoisotopic (exact) mass is 363 g/mol. The van der Waals surface area contributed by atoms with Gasteiger partial charge in [-0.2, -0.15) is 0 Å². The van der Waals surface area contributed by atoms with Crippen LogP contribution in [0.25, 0.3) is 0 Å². The Labute approximate surface area is 159 Å². The van der Waals surface area contributed by atoms with E-state index in [1.54, 1.807) is 7.11 Å². The van der Waals surface area contributed by atoms with E-state index in [0.29, 0.717) is 12.0 Å². The Balaban J connectivity index is 1.89. The van der Waals surface area contributed by atoms with Gasteiger partial charge < -0.3 is 20.1 Å². The van der Waals surface area contributed by atoms with E-state index >= 15 is 0 Å². The molecule has 0 amide bonds. The van der Waals surface area contributed by atoms with E-state index in [1.807, 2.05) is 6.20 Å². The average Bonchev–Trinajstić information content (AvgIpc) is 2.62. The van der Waals surface area contributed by atoms with Crippen molar-refractivity contribution in [2.24, 2.45) is 5.73 Å². The molecular formula is C21H37N3O2. The molecule has 1 fully saturated rings. The smallest absolute Gasteiger partial charge is 0.216 e. The Bertz CT molecular complexity index is 542.